The monoisotopic (exact) mass is 510 g/mol. The molecule has 0 fully saturated rings. The lowest BCUT2D eigenvalue weighted by Gasteiger charge is -2.08. The third kappa shape index (κ3) is 6.35. The first-order valence-corrected chi connectivity index (χ1v) is 12.6. The molecule has 0 saturated carbocycles. The van der Waals surface area contributed by atoms with E-state index in [-0.39, 0.29) is 20.7 Å². The van der Waals surface area contributed by atoms with E-state index in [4.69, 9.17) is 10.5 Å². The number of rotatable bonds is 12. The van der Waals surface area contributed by atoms with Crippen LogP contribution in [0.4, 0.5) is 25.4 Å². The first kappa shape index (κ1) is 25.7. The minimum atomic E-state index is -3.65. The van der Waals surface area contributed by atoms with Gasteiger partial charge in [0.15, 0.2) is 5.13 Å². The van der Waals surface area contributed by atoms with Crippen molar-refractivity contribution in [2.45, 2.75) is 24.2 Å². The molecule has 0 bridgehead atoms. The molecule has 2 aromatic carbocycles. The van der Waals surface area contributed by atoms with E-state index in [1.54, 1.807) is 7.11 Å². The summed E-state index contributed by atoms with van der Waals surface area (Å²) in [5, 5.41) is 3.12. The summed E-state index contributed by atoms with van der Waals surface area (Å²) in [7, 11) is -2.03. The molecular weight excluding hydrogens is 486 g/mol. The van der Waals surface area contributed by atoms with E-state index in [0.29, 0.717) is 25.3 Å². The van der Waals surface area contributed by atoms with Crippen LogP contribution in [-0.4, -0.2) is 39.4 Å². The summed E-state index contributed by atoms with van der Waals surface area (Å²) in [5.74, 6) is -3.07. The quantitative estimate of drug-likeness (QED) is 0.248. The van der Waals surface area contributed by atoms with Gasteiger partial charge in [-0.2, -0.15) is 0 Å². The van der Waals surface area contributed by atoms with Gasteiger partial charge in [-0.05, 0) is 55.7 Å². The van der Waals surface area contributed by atoms with Gasteiger partial charge >= 0.3 is 0 Å². The van der Waals surface area contributed by atoms with Crippen molar-refractivity contribution >= 4 is 43.8 Å². The zero-order valence-electron chi connectivity index (χ0n) is 18.3. The molecule has 0 unspecified atom stereocenters. The molecule has 0 saturated heterocycles. The number of unbranched alkanes of at least 4 members (excludes halogenated alkanes) is 2. The maximum absolute atomic E-state index is 14.0. The molecule has 3 rings (SSSR count). The van der Waals surface area contributed by atoms with Crippen molar-refractivity contribution in [1.82, 2.24) is 9.71 Å². The summed E-state index contributed by atoms with van der Waals surface area (Å²) >= 11 is 0.834. The van der Waals surface area contributed by atoms with Gasteiger partial charge in [0.1, 0.15) is 22.3 Å². The number of nitrogen functional groups attached to an aromatic ring is 1. The van der Waals surface area contributed by atoms with E-state index in [1.165, 1.54) is 24.3 Å². The SMILES string of the molecule is COCCCCCNS(=O)(=O)c1ccc(Nc2nc(N)c(C(=O)c3c(F)cccc3F)s2)cc1. The van der Waals surface area contributed by atoms with Crippen LogP contribution in [-0.2, 0) is 14.8 Å². The molecule has 4 N–H and O–H groups in total. The molecule has 12 heteroatoms. The maximum atomic E-state index is 14.0. The molecule has 0 atom stereocenters. The van der Waals surface area contributed by atoms with Crippen molar-refractivity contribution in [1.29, 1.82) is 0 Å². The van der Waals surface area contributed by atoms with Crippen molar-refractivity contribution in [3.63, 3.8) is 0 Å². The number of hydrogen-bond acceptors (Lipinski definition) is 8. The van der Waals surface area contributed by atoms with E-state index < -0.39 is 33.0 Å². The lowest BCUT2D eigenvalue weighted by molar-refractivity contribution is 0.103. The smallest absolute Gasteiger partial charge is 0.240 e. The number of carbonyl (C=O) groups is 1. The second-order valence-corrected chi connectivity index (χ2v) is 10.0. The molecular formula is C22H24F2N4O4S2. The number of halogens is 2. The molecule has 0 aliphatic rings. The van der Waals surface area contributed by atoms with E-state index in [2.05, 4.69) is 15.0 Å². The number of methoxy groups -OCH3 is 1. The number of ketones is 1. The van der Waals surface area contributed by atoms with Gasteiger partial charge in [-0.1, -0.05) is 17.4 Å². The first-order valence-electron chi connectivity index (χ1n) is 10.3. The maximum Gasteiger partial charge on any atom is 0.240 e. The Morgan fingerprint density at radius 2 is 1.76 bits per heavy atom. The zero-order valence-corrected chi connectivity index (χ0v) is 19.9. The zero-order chi connectivity index (χ0) is 24.7. The second kappa shape index (κ2) is 11.5. The van der Waals surface area contributed by atoms with Gasteiger partial charge in [0.25, 0.3) is 0 Å². The average molecular weight is 511 g/mol. The van der Waals surface area contributed by atoms with Crippen LogP contribution < -0.4 is 15.8 Å². The Bertz CT molecular complexity index is 1230. The van der Waals surface area contributed by atoms with Crippen LogP contribution in [0.2, 0.25) is 0 Å². The molecule has 8 nitrogen and oxygen atoms in total. The third-order valence-electron chi connectivity index (χ3n) is 4.78. The Kier molecular flexibility index (Phi) is 8.67. The van der Waals surface area contributed by atoms with Gasteiger partial charge in [-0.15, -0.1) is 0 Å². The molecule has 0 aliphatic heterocycles. The summed E-state index contributed by atoms with van der Waals surface area (Å²) in [6.45, 7) is 0.964. The van der Waals surface area contributed by atoms with Crippen molar-refractivity contribution in [2.75, 3.05) is 31.3 Å². The molecule has 34 heavy (non-hydrogen) atoms. The van der Waals surface area contributed by atoms with Crippen LogP contribution in [0, 0.1) is 11.6 Å². The van der Waals surface area contributed by atoms with Gasteiger partial charge in [0.2, 0.25) is 15.8 Å². The predicted octanol–water partition coefficient (Wildman–Crippen LogP) is 4.07. The number of ether oxygens (including phenoxy) is 1. The van der Waals surface area contributed by atoms with Gasteiger partial charge in [-0.25, -0.2) is 26.9 Å². The van der Waals surface area contributed by atoms with Crippen molar-refractivity contribution in [2.24, 2.45) is 0 Å². The van der Waals surface area contributed by atoms with E-state index >= 15 is 0 Å². The molecule has 1 aromatic heterocycles. The molecule has 0 spiro atoms. The third-order valence-corrected chi connectivity index (χ3v) is 7.24. The Labute approximate surface area is 200 Å². The van der Waals surface area contributed by atoms with E-state index in [0.717, 1.165) is 42.4 Å². The molecule has 3 aromatic rings. The minimum Gasteiger partial charge on any atom is -0.385 e. The fourth-order valence-corrected chi connectivity index (χ4v) is 4.98. The second-order valence-electron chi connectivity index (χ2n) is 7.26. The van der Waals surface area contributed by atoms with Gasteiger partial charge in [0, 0.05) is 25.9 Å². The highest BCUT2D eigenvalue weighted by Gasteiger charge is 2.24. The molecule has 0 radical (unpaired) electrons. The number of anilines is 3. The number of sulfonamides is 1. The molecule has 1 heterocycles. The number of aromatic nitrogens is 1. The molecule has 182 valence electrons. The van der Waals surface area contributed by atoms with Crippen LogP contribution >= 0.6 is 11.3 Å². The first-order chi connectivity index (χ1) is 16.2. The van der Waals surface area contributed by atoms with Gasteiger partial charge < -0.3 is 15.8 Å². The standard InChI is InChI=1S/C22H24F2N4O4S2/c1-32-13-4-2-3-12-26-34(30,31)15-10-8-14(9-11-15)27-22-28-21(25)20(33-22)19(29)18-16(23)6-5-7-17(18)24/h5-11,26H,2-4,12-13,25H2,1H3,(H,27,28). The van der Waals surface area contributed by atoms with Crippen LogP contribution in [0.25, 0.3) is 0 Å². The van der Waals surface area contributed by atoms with Crippen molar-refractivity contribution in [3.8, 4) is 0 Å². The average Bonchev–Trinajstić information content (AvgIpc) is 3.16. The normalized spacial score (nSPS) is 11.5. The topological polar surface area (TPSA) is 123 Å². The summed E-state index contributed by atoms with van der Waals surface area (Å²) in [5.41, 5.74) is 5.58. The van der Waals surface area contributed by atoms with Crippen LogP contribution in [0.15, 0.2) is 47.4 Å². The number of benzene rings is 2. The Morgan fingerprint density at radius 3 is 2.41 bits per heavy atom. The Hall–Kier alpha value is -2.93. The van der Waals surface area contributed by atoms with E-state index in [1.807, 2.05) is 0 Å². The lowest BCUT2D eigenvalue weighted by atomic mass is 10.1. The van der Waals surface area contributed by atoms with Crippen molar-refractivity contribution in [3.05, 3.63) is 64.5 Å². The summed E-state index contributed by atoms with van der Waals surface area (Å²) < 4.78 is 60.3. The number of nitrogens with one attached hydrogen (secondary N) is 2. The lowest BCUT2D eigenvalue weighted by Crippen LogP contribution is -2.24. The molecule has 0 aliphatic carbocycles. The van der Waals surface area contributed by atoms with Crippen LogP contribution in [0.5, 0.6) is 0 Å². The highest BCUT2D eigenvalue weighted by molar-refractivity contribution is 7.89. The fraction of sp³-hybridized carbons (Fsp3) is 0.273. The highest BCUT2D eigenvalue weighted by atomic mass is 32.2. The Morgan fingerprint density at radius 1 is 1.09 bits per heavy atom. The van der Waals surface area contributed by atoms with Crippen LogP contribution in [0.3, 0.4) is 0 Å². The van der Waals surface area contributed by atoms with Crippen LogP contribution in [0.1, 0.15) is 34.5 Å². The summed E-state index contributed by atoms with van der Waals surface area (Å²) in [4.78, 5) is 16.6. The van der Waals surface area contributed by atoms with Gasteiger partial charge in [-0.3, -0.25) is 4.79 Å². The number of carbonyl (C=O) groups excluding carboxylic acids is 1. The minimum absolute atomic E-state index is 0.0967. The summed E-state index contributed by atoms with van der Waals surface area (Å²) in [6, 6.07) is 9.04. The van der Waals surface area contributed by atoms with Crippen molar-refractivity contribution < 1.29 is 26.7 Å². The number of nitrogens with two attached hydrogens (primary N) is 1. The molecule has 0 amide bonds. The predicted molar refractivity (Wildman–Crippen MR) is 127 cm³/mol. The van der Waals surface area contributed by atoms with Gasteiger partial charge in [0.05, 0.1) is 10.5 Å². The number of nitrogens with zero attached hydrogens (tertiary/aromatic N) is 1. The number of hydrogen-bond donors (Lipinski definition) is 3. The summed E-state index contributed by atoms with van der Waals surface area (Å²) in [6.07, 6.45) is 2.41. The fourth-order valence-electron chi connectivity index (χ4n) is 3.06. The number of thiazole rings is 1. The highest BCUT2D eigenvalue weighted by Crippen LogP contribution is 2.31. The van der Waals surface area contributed by atoms with E-state index in [9.17, 15) is 22.0 Å². The largest absolute Gasteiger partial charge is 0.385 e. The Balaban J connectivity index is 1.65.